The number of furan rings is 1. The predicted molar refractivity (Wildman–Crippen MR) is 133 cm³/mol. The van der Waals surface area contributed by atoms with Crippen LogP contribution in [0.4, 0.5) is 5.69 Å². The molecule has 2 aromatic carbocycles. The van der Waals surface area contributed by atoms with Gasteiger partial charge in [0.05, 0.1) is 13.2 Å². The van der Waals surface area contributed by atoms with Crippen molar-refractivity contribution < 1.29 is 13.9 Å². The zero-order chi connectivity index (χ0) is 24.4. The summed E-state index contributed by atoms with van der Waals surface area (Å²) in [5.41, 5.74) is 4.95. The number of hydrogen-bond donors (Lipinski definition) is 1. The molecule has 3 heterocycles. The van der Waals surface area contributed by atoms with Gasteiger partial charge in [-0.1, -0.05) is 25.1 Å². The second-order valence-electron chi connectivity index (χ2n) is 7.98. The van der Waals surface area contributed by atoms with Crippen molar-refractivity contribution >= 4 is 33.7 Å². The Kier molecular flexibility index (Phi) is 6.07. The Bertz CT molecular complexity index is 1570. The molecule has 0 aliphatic rings. The van der Waals surface area contributed by atoms with E-state index in [0.29, 0.717) is 53.2 Å². The van der Waals surface area contributed by atoms with Crippen molar-refractivity contribution in [2.45, 2.75) is 19.9 Å². The maximum atomic E-state index is 13.2. The summed E-state index contributed by atoms with van der Waals surface area (Å²) in [7, 11) is 1.59. The molecule has 0 bridgehead atoms. The van der Waals surface area contributed by atoms with Gasteiger partial charge in [-0.15, -0.1) is 0 Å². The number of aromatic nitrogens is 4. The maximum Gasteiger partial charge on any atom is 0.348 e. The minimum absolute atomic E-state index is 0.0732. The second-order valence-corrected chi connectivity index (χ2v) is 7.98. The van der Waals surface area contributed by atoms with Gasteiger partial charge in [0, 0.05) is 48.1 Å². The van der Waals surface area contributed by atoms with Gasteiger partial charge in [0.1, 0.15) is 23.1 Å². The molecule has 0 aliphatic heterocycles. The average molecular weight is 470 g/mol. The molecule has 9 heteroatoms. The van der Waals surface area contributed by atoms with Crippen molar-refractivity contribution in [3.05, 3.63) is 71.7 Å². The number of nitrogens with zero attached hydrogens (tertiary/aromatic N) is 4. The lowest BCUT2D eigenvalue weighted by molar-refractivity contribution is -0.115. The van der Waals surface area contributed by atoms with E-state index >= 15 is 0 Å². The number of methoxy groups -OCH3 is 1. The maximum absolute atomic E-state index is 13.2. The first-order valence-corrected chi connectivity index (χ1v) is 11.2. The van der Waals surface area contributed by atoms with Crippen LogP contribution in [-0.2, 0) is 16.1 Å². The molecule has 0 saturated carbocycles. The molecule has 5 rings (SSSR count). The summed E-state index contributed by atoms with van der Waals surface area (Å²) in [6, 6.07) is 13.0. The molecule has 0 saturated heterocycles. The Balaban J connectivity index is 1.71. The highest BCUT2D eigenvalue weighted by atomic mass is 16.5. The fraction of sp³-hybridized carbons (Fsp3) is 0.192. The number of nitrogens with one attached hydrogen (secondary N) is 1. The van der Waals surface area contributed by atoms with Gasteiger partial charge in [0.2, 0.25) is 5.91 Å². The molecule has 1 amide bonds. The minimum Gasteiger partial charge on any atom is -0.452 e. The molecule has 0 unspecified atom stereocenters. The molecule has 3 aromatic heterocycles. The Hall–Kier alpha value is -4.37. The highest BCUT2D eigenvalue weighted by molar-refractivity contribution is 6.08. The predicted octanol–water partition coefficient (Wildman–Crippen LogP) is 4.26. The van der Waals surface area contributed by atoms with Crippen molar-refractivity contribution in [2.24, 2.45) is 0 Å². The van der Waals surface area contributed by atoms with E-state index < -0.39 is 5.69 Å². The van der Waals surface area contributed by atoms with Crippen molar-refractivity contribution in [3.8, 4) is 22.4 Å². The molecule has 0 aliphatic carbocycles. The molecular weight excluding hydrogens is 446 g/mol. The van der Waals surface area contributed by atoms with Gasteiger partial charge in [-0.25, -0.2) is 14.8 Å². The van der Waals surface area contributed by atoms with Gasteiger partial charge in [-0.05, 0) is 29.8 Å². The lowest BCUT2D eigenvalue weighted by atomic mass is 10.1. The summed E-state index contributed by atoms with van der Waals surface area (Å²) in [5, 5.41) is 3.60. The monoisotopic (exact) mass is 469 g/mol. The molecule has 5 aromatic rings. The first-order chi connectivity index (χ1) is 17.1. The van der Waals surface area contributed by atoms with Crippen LogP contribution in [0.2, 0.25) is 0 Å². The SMILES string of the molecule is CCC(=O)Nc1ccc(-c2nc(=O)n(CCOC)c3c2oc2ccc(-c4cncnc4)cc23)cc1. The van der Waals surface area contributed by atoms with Gasteiger partial charge in [-0.3, -0.25) is 9.36 Å². The highest BCUT2D eigenvalue weighted by Crippen LogP contribution is 2.36. The minimum atomic E-state index is -0.399. The number of rotatable bonds is 7. The van der Waals surface area contributed by atoms with Crippen LogP contribution < -0.4 is 11.0 Å². The van der Waals surface area contributed by atoms with E-state index in [1.54, 1.807) is 43.1 Å². The van der Waals surface area contributed by atoms with E-state index in [0.717, 1.165) is 16.5 Å². The van der Waals surface area contributed by atoms with Crippen LogP contribution >= 0.6 is 0 Å². The van der Waals surface area contributed by atoms with E-state index in [1.165, 1.54) is 6.33 Å². The number of carbonyl (C=O) groups excluding carboxylic acids is 1. The van der Waals surface area contributed by atoms with Crippen LogP contribution in [0.3, 0.4) is 0 Å². The Morgan fingerprint density at radius 2 is 1.80 bits per heavy atom. The van der Waals surface area contributed by atoms with Crippen molar-refractivity contribution in [1.29, 1.82) is 0 Å². The summed E-state index contributed by atoms with van der Waals surface area (Å²) < 4.78 is 13.1. The van der Waals surface area contributed by atoms with Crippen LogP contribution in [0.1, 0.15) is 13.3 Å². The third kappa shape index (κ3) is 4.29. The summed E-state index contributed by atoms with van der Waals surface area (Å²) in [6.07, 6.45) is 5.34. The van der Waals surface area contributed by atoms with Gasteiger partial charge < -0.3 is 14.5 Å². The fourth-order valence-corrected chi connectivity index (χ4v) is 3.99. The number of benzene rings is 2. The molecule has 9 nitrogen and oxygen atoms in total. The highest BCUT2D eigenvalue weighted by Gasteiger charge is 2.20. The number of ether oxygens (including phenoxy) is 1. The second kappa shape index (κ2) is 9.47. The van der Waals surface area contributed by atoms with Crippen LogP contribution in [0.15, 0.2) is 70.4 Å². The topological polar surface area (TPSA) is 112 Å². The molecule has 0 spiro atoms. The lowest BCUT2D eigenvalue weighted by Gasteiger charge is -2.10. The molecular formula is C26H23N5O4. The third-order valence-corrected chi connectivity index (χ3v) is 5.76. The van der Waals surface area contributed by atoms with E-state index in [2.05, 4.69) is 20.3 Å². The average Bonchev–Trinajstić information content (AvgIpc) is 3.27. The summed E-state index contributed by atoms with van der Waals surface area (Å²) in [6.45, 7) is 2.47. The van der Waals surface area contributed by atoms with E-state index in [1.807, 2.05) is 30.3 Å². The first kappa shape index (κ1) is 22.4. The number of anilines is 1. The molecule has 176 valence electrons. The van der Waals surface area contributed by atoms with E-state index in [4.69, 9.17) is 9.15 Å². The molecule has 0 radical (unpaired) electrons. The van der Waals surface area contributed by atoms with Crippen LogP contribution in [-0.4, -0.2) is 39.1 Å². The Labute approximate surface area is 200 Å². The van der Waals surface area contributed by atoms with Gasteiger partial charge in [0.15, 0.2) is 5.58 Å². The van der Waals surface area contributed by atoms with Crippen molar-refractivity contribution in [2.75, 3.05) is 19.0 Å². The summed E-state index contributed by atoms with van der Waals surface area (Å²) in [5.74, 6) is -0.0732. The number of hydrogen-bond acceptors (Lipinski definition) is 7. The quantitative estimate of drug-likeness (QED) is 0.379. The Morgan fingerprint density at radius 3 is 2.51 bits per heavy atom. The zero-order valence-electron chi connectivity index (χ0n) is 19.3. The molecule has 0 fully saturated rings. The summed E-state index contributed by atoms with van der Waals surface area (Å²) >= 11 is 0. The number of carbonyl (C=O) groups is 1. The molecule has 35 heavy (non-hydrogen) atoms. The van der Waals surface area contributed by atoms with Gasteiger partial charge >= 0.3 is 5.69 Å². The number of amides is 1. The smallest absolute Gasteiger partial charge is 0.348 e. The van der Waals surface area contributed by atoms with E-state index in [-0.39, 0.29) is 5.91 Å². The van der Waals surface area contributed by atoms with Gasteiger partial charge in [-0.2, -0.15) is 4.98 Å². The first-order valence-electron chi connectivity index (χ1n) is 11.2. The fourth-order valence-electron chi connectivity index (χ4n) is 3.99. The van der Waals surface area contributed by atoms with Crippen molar-refractivity contribution in [3.63, 3.8) is 0 Å². The largest absolute Gasteiger partial charge is 0.452 e. The summed E-state index contributed by atoms with van der Waals surface area (Å²) in [4.78, 5) is 37.4. The van der Waals surface area contributed by atoms with Crippen molar-refractivity contribution in [1.82, 2.24) is 19.5 Å². The molecule has 0 atom stereocenters. The van der Waals surface area contributed by atoms with E-state index in [9.17, 15) is 9.59 Å². The van der Waals surface area contributed by atoms with Gasteiger partial charge in [0.25, 0.3) is 0 Å². The van der Waals surface area contributed by atoms with Crippen LogP contribution in [0.25, 0.3) is 44.5 Å². The lowest BCUT2D eigenvalue weighted by Crippen LogP contribution is -2.25. The molecule has 1 N–H and O–H groups in total. The normalized spacial score (nSPS) is 11.3. The Morgan fingerprint density at radius 1 is 1.06 bits per heavy atom. The standard InChI is InChI=1S/C26H23N5O4/c1-3-22(32)29-19-7-4-16(5-8-19)23-25-24(31(10-11-34-2)26(33)30-23)20-12-17(6-9-21(20)35-25)18-13-27-15-28-14-18/h4-9,12-15H,3,10-11H2,1-2H3,(H,29,32). The third-order valence-electron chi connectivity index (χ3n) is 5.76. The van der Waals surface area contributed by atoms with Crippen LogP contribution in [0.5, 0.6) is 0 Å². The zero-order valence-corrected chi connectivity index (χ0v) is 19.3. The number of fused-ring (bicyclic) bond motifs is 3. The van der Waals surface area contributed by atoms with Crippen LogP contribution in [0, 0.1) is 0 Å².